The van der Waals surface area contributed by atoms with Gasteiger partial charge in [-0.25, -0.2) is 0 Å². The standard InChI is InChI=1S/C31H35ClO10/c1-5-37-23-10-8-21(9-11-23)14-22-15-24-26(16-25(22)32)38-13-7-6-12-36-17-27-29(39-18(2)33)31(41-20(4)35)30(28(24)42-27)40-19(3)34/h6-11,15-16,27-31H,5,12-14,17H2,1-4H3/b7-6-/t27-,28+,29-,30+,31+/m1/s1. The molecule has 0 aliphatic carbocycles. The fourth-order valence-electron chi connectivity index (χ4n) is 5.00. The van der Waals surface area contributed by atoms with Crippen molar-refractivity contribution in [1.29, 1.82) is 0 Å². The third kappa shape index (κ3) is 8.02. The van der Waals surface area contributed by atoms with E-state index in [2.05, 4.69) is 0 Å². The van der Waals surface area contributed by atoms with E-state index in [1.807, 2.05) is 37.3 Å². The van der Waals surface area contributed by atoms with Gasteiger partial charge in [-0.2, -0.15) is 0 Å². The lowest BCUT2D eigenvalue weighted by atomic mass is 9.88. The Morgan fingerprint density at radius 1 is 0.881 bits per heavy atom. The Bertz CT molecular complexity index is 1290. The van der Waals surface area contributed by atoms with Gasteiger partial charge in [-0.3, -0.25) is 14.4 Å². The maximum atomic E-state index is 12.3. The summed E-state index contributed by atoms with van der Waals surface area (Å²) in [6.07, 6.45) is -1.30. The van der Waals surface area contributed by atoms with Crippen molar-refractivity contribution in [3.8, 4) is 11.5 Å². The number of rotatable bonds is 7. The number of carbonyl (C=O) groups excluding carboxylic acids is 3. The molecule has 2 aromatic carbocycles. The fraction of sp³-hybridized carbons (Fsp3) is 0.452. The summed E-state index contributed by atoms with van der Waals surface area (Å²) >= 11 is 6.75. The monoisotopic (exact) mass is 602 g/mol. The zero-order valence-electron chi connectivity index (χ0n) is 24.0. The summed E-state index contributed by atoms with van der Waals surface area (Å²) in [6.45, 7) is 6.63. The van der Waals surface area contributed by atoms with Gasteiger partial charge in [0.2, 0.25) is 0 Å². The lowest BCUT2D eigenvalue weighted by Crippen LogP contribution is -2.59. The first-order chi connectivity index (χ1) is 20.2. The largest absolute Gasteiger partial charge is 0.494 e. The zero-order valence-corrected chi connectivity index (χ0v) is 24.8. The van der Waals surface area contributed by atoms with Gasteiger partial charge in [0.25, 0.3) is 0 Å². The van der Waals surface area contributed by atoms with E-state index >= 15 is 0 Å². The Morgan fingerprint density at radius 2 is 1.52 bits per heavy atom. The molecular weight excluding hydrogens is 568 g/mol. The van der Waals surface area contributed by atoms with Crippen molar-refractivity contribution in [2.45, 2.75) is 64.6 Å². The molecular formula is C31H35ClO10. The minimum absolute atomic E-state index is 0.00611. The summed E-state index contributed by atoms with van der Waals surface area (Å²) in [6, 6.07) is 11.2. The van der Waals surface area contributed by atoms with E-state index in [1.54, 1.807) is 18.2 Å². The molecule has 10 nitrogen and oxygen atoms in total. The van der Waals surface area contributed by atoms with Crippen LogP contribution in [-0.2, 0) is 44.5 Å². The van der Waals surface area contributed by atoms with Crippen LogP contribution in [0.1, 0.15) is 50.5 Å². The minimum atomic E-state index is -1.20. The van der Waals surface area contributed by atoms with Crippen LogP contribution in [0.5, 0.6) is 11.5 Å². The molecule has 1 fully saturated rings. The summed E-state index contributed by atoms with van der Waals surface area (Å²) in [7, 11) is 0. The van der Waals surface area contributed by atoms with Gasteiger partial charge in [0.1, 0.15) is 30.3 Å². The molecule has 0 N–H and O–H groups in total. The Balaban J connectivity index is 1.82. The molecule has 2 heterocycles. The van der Waals surface area contributed by atoms with E-state index in [0.29, 0.717) is 29.4 Å². The van der Waals surface area contributed by atoms with Crippen LogP contribution in [0.3, 0.4) is 0 Å². The summed E-state index contributed by atoms with van der Waals surface area (Å²) in [5.74, 6) is -0.757. The maximum Gasteiger partial charge on any atom is 0.303 e. The second-order valence-corrected chi connectivity index (χ2v) is 10.3. The maximum absolute atomic E-state index is 12.3. The smallest absolute Gasteiger partial charge is 0.303 e. The Hall–Kier alpha value is -3.60. The first kappa shape index (κ1) is 31.3. The first-order valence-electron chi connectivity index (χ1n) is 13.7. The van der Waals surface area contributed by atoms with Crippen molar-refractivity contribution in [1.82, 2.24) is 0 Å². The third-order valence-corrected chi connectivity index (χ3v) is 7.00. The van der Waals surface area contributed by atoms with Crippen molar-refractivity contribution >= 4 is 29.5 Å². The molecule has 0 saturated carbocycles. The van der Waals surface area contributed by atoms with Crippen LogP contribution in [0.4, 0.5) is 0 Å². The molecule has 4 rings (SSSR count). The number of hydrogen-bond acceptors (Lipinski definition) is 10. The highest BCUT2D eigenvalue weighted by Gasteiger charge is 2.53. The van der Waals surface area contributed by atoms with Crippen LogP contribution in [0.25, 0.3) is 0 Å². The van der Waals surface area contributed by atoms with Gasteiger partial charge in [-0.15, -0.1) is 0 Å². The van der Waals surface area contributed by atoms with E-state index in [1.165, 1.54) is 20.8 Å². The Kier molecular flexibility index (Phi) is 10.8. The van der Waals surface area contributed by atoms with Crippen molar-refractivity contribution in [2.24, 2.45) is 0 Å². The SMILES string of the molecule is CCOc1ccc(Cc2cc3c(cc2Cl)OC/C=C\COC[C@H]2O[C@@H]3[C@H](OC(C)=O)[C@@H](OC(C)=O)[C@@H]2OC(C)=O)cc1. The van der Waals surface area contributed by atoms with Crippen LogP contribution < -0.4 is 9.47 Å². The van der Waals surface area contributed by atoms with Crippen molar-refractivity contribution in [3.63, 3.8) is 0 Å². The van der Waals surface area contributed by atoms with Crippen molar-refractivity contribution in [2.75, 3.05) is 26.4 Å². The molecule has 0 aromatic heterocycles. The number of fused-ring (bicyclic) bond motifs is 4. The first-order valence-corrected chi connectivity index (χ1v) is 14.1. The highest BCUT2D eigenvalue weighted by atomic mass is 35.5. The molecule has 2 bridgehead atoms. The van der Waals surface area contributed by atoms with Crippen molar-refractivity contribution in [3.05, 3.63) is 70.3 Å². The van der Waals surface area contributed by atoms with E-state index in [0.717, 1.165) is 16.9 Å². The lowest BCUT2D eigenvalue weighted by molar-refractivity contribution is -0.255. The third-order valence-electron chi connectivity index (χ3n) is 6.65. The predicted molar refractivity (Wildman–Crippen MR) is 152 cm³/mol. The molecule has 1 saturated heterocycles. The van der Waals surface area contributed by atoms with Crippen LogP contribution in [-0.4, -0.2) is 68.8 Å². The Morgan fingerprint density at radius 3 is 2.19 bits per heavy atom. The summed E-state index contributed by atoms with van der Waals surface area (Å²) < 4.78 is 40.8. The van der Waals surface area contributed by atoms with Crippen molar-refractivity contribution < 1.29 is 47.5 Å². The molecule has 2 aliphatic heterocycles. The van der Waals surface area contributed by atoms with Crippen LogP contribution in [0, 0.1) is 0 Å². The topological polar surface area (TPSA) is 116 Å². The predicted octanol–water partition coefficient (Wildman–Crippen LogP) is 4.53. The number of carbonyl (C=O) groups is 3. The lowest BCUT2D eigenvalue weighted by Gasteiger charge is -2.45. The number of halogens is 1. The second kappa shape index (κ2) is 14.5. The summed E-state index contributed by atoms with van der Waals surface area (Å²) in [5.41, 5.74) is 2.26. The molecule has 2 aromatic rings. The quantitative estimate of drug-likeness (QED) is 0.254. The average Bonchev–Trinajstić information content (AvgIpc) is 2.92. The zero-order chi connectivity index (χ0) is 30.2. The number of hydrogen-bond donors (Lipinski definition) is 0. The van der Waals surface area contributed by atoms with E-state index in [4.69, 9.17) is 44.8 Å². The summed E-state index contributed by atoms with van der Waals surface area (Å²) in [5, 5.41) is 0.466. The van der Waals surface area contributed by atoms with Crippen LogP contribution in [0.2, 0.25) is 5.02 Å². The normalized spacial score (nSPS) is 24.5. The van der Waals surface area contributed by atoms with Gasteiger partial charge >= 0.3 is 17.9 Å². The number of esters is 3. The molecule has 0 unspecified atom stereocenters. The second-order valence-electron chi connectivity index (χ2n) is 9.87. The van der Waals surface area contributed by atoms with E-state index < -0.39 is 48.4 Å². The van der Waals surface area contributed by atoms with Gasteiger partial charge in [-0.1, -0.05) is 29.8 Å². The highest BCUT2D eigenvalue weighted by Crippen LogP contribution is 2.43. The number of ether oxygens (including phenoxy) is 7. The van der Waals surface area contributed by atoms with E-state index in [9.17, 15) is 14.4 Å². The molecule has 42 heavy (non-hydrogen) atoms. The molecule has 0 spiro atoms. The van der Waals surface area contributed by atoms with Gasteiger partial charge in [0.05, 0.1) is 19.8 Å². The molecule has 2 aliphatic rings. The minimum Gasteiger partial charge on any atom is -0.494 e. The summed E-state index contributed by atoms with van der Waals surface area (Å²) in [4.78, 5) is 36.7. The van der Waals surface area contributed by atoms with Gasteiger partial charge in [0.15, 0.2) is 18.3 Å². The Labute approximate surface area is 249 Å². The van der Waals surface area contributed by atoms with Gasteiger partial charge in [0, 0.05) is 31.4 Å². The average molecular weight is 603 g/mol. The van der Waals surface area contributed by atoms with Crippen LogP contribution >= 0.6 is 11.6 Å². The highest BCUT2D eigenvalue weighted by molar-refractivity contribution is 6.31. The fourth-order valence-corrected chi connectivity index (χ4v) is 5.22. The molecule has 0 radical (unpaired) electrons. The van der Waals surface area contributed by atoms with E-state index in [-0.39, 0.29) is 19.8 Å². The van der Waals surface area contributed by atoms with Crippen LogP contribution in [0.15, 0.2) is 48.6 Å². The molecule has 0 amide bonds. The molecule has 226 valence electrons. The molecule has 11 heteroatoms. The molecule has 5 atom stereocenters. The van der Waals surface area contributed by atoms with Gasteiger partial charge in [-0.05, 0) is 54.8 Å². The van der Waals surface area contributed by atoms with Gasteiger partial charge < -0.3 is 33.2 Å². The number of benzene rings is 2.